The van der Waals surface area contributed by atoms with Crippen LogP contribution in [-0.2, 0) is 6.54 Å². The molecule has 2 N–H and O–H groups in total. The third-order valence-electron chi connectivity index (χ3n) is 2.82. The van der Waals surface area contributed by atoms with Gasteiger partial charge < -0.3 is 15.1 Å². The van der Waals surface area contributed by atoms with Crippen molar-refractivity contribution < 1.29 is 5.21 Å². The zero-order valence-electron chi connectivity index (χ0n) is 10.6. The van der Waals surface area contributed by atoms with Crippen LogP contribution in [0.5, 0.6) is 0 Å². The van der Waals surface area contributed by atoms with E-state index in [0.29, 0.717) is 5.71 Å². The van der Waals surface area contributed by atoms with Crippen molar-refractivity contribution in [3.8, 4) is 0 Å². The first-order chi connectivity index (χ1) is 9.24. The van der Waals surface area contributed by atoms with Crippen LogP contribution in [0.4, 0.5) is 5.69 Å². The first kappa shape index (κ1) is 12.9. The molecule has 0 aliphatic rings. The second kappa shape index (κ2) is 5.86. The zero-order valence-corrected chi connectivity index (χ0v) is 10.6. The lowest BCUT2D eigenvalue weighted by Gasteiger charge is -2.09. The van der Waals surface area contributed by atoms with E-state index >= 15 is 0 Å². The van der Waals surface area contributed by atoms with Crippen molar-refractivity contribution in [3.05, 3.63) is 64.6 Å². The Bertz CT molecular complexity index is 647. The lowest BCUT2D eigenvalue weighted by atomic mass is 10.1. The minimum absolute atomic E-state index is 0.131. The van der Waals surface area contributed by atoms with E-state index in [1.165, 1.54) is 10.6 Å². The van der Waals surface area contributed by atoms with Crippen molar-refractivity contribution >= 4 is 11.4 Å². The Kier molecular flexibility index (Phi) is 3.97. The van der Waals surface area contributed by atoms with Gasteiger partial charge >= 0.3 is 0 Å². The van der Waals surface area contributed by atoms with E-state index in [4.69, 9.17) is 5.21 Å². The third-order valence-corrected chi connectivity index (χ3v) is 2.82. The van der Waals surface area contributed by atoms with Gasteiger partial charge in [0, 0.05) is 30.6 Å². The molecule has 0 saturated heterocycles. The summed E-state index contributed by atoms with van der Waals surface area (Å²) in [6.07, 6.45) is 1.66. The maximum absolute atomic E-state index is 11.6. The number of aromatic nitrogens is 1. The molecule has 2 aromatic rings. The largest absolute Gasteiger partial charge is 0.411 e. The Hall–Kier alpha value is -2.56. The van der Waals surface area contributed by atoms with Gasteiger partial charge in [0.15, 0.2) is 0 Å². The Morgan fingerprint density at radius 1 is 1.32 bits per heavy atom. The molecule has 0 radical (unpaired) electrons. The molecule has 0 spiro atoms. The summed E-state index contributed by atoms with van der Waals surface area (Å²) in [5.41, 5.74) is 1.99. The first-order valence-corrected chi connectivity index (χ1v) is 5.89. The van der Waals surface area contributed by atoms with Gasteiger partial charge in [0.1, 0.15) is 5.71 Å². The standard InChI is InChI=1S/C14H15N3O2/c1-15-12-6-4-5-11(9-12)13(16-19)10-17-8-3-2-7-14(17)18/h2-9,15,19H,10H2,1H3/b16-13-. The lowest BCUT2D eigenvalue weighted by molar-refractivity contribution is 0.317. The van der Waals surface area contributed by atoms with Crippen molar-refractivity contribution in [2.75, 3.05) is 12.4 Å². The highest BCUT2D eigenvalue weighted by Crippen LogP contribution is 2.11. The maximum Gasteiger partial charge on any atom is 0.250 e. The van der Waals surface area contributed by atoms with Gasteiger partial charge in [-0.1, -0.05) is 23.4 Å². The molecule has 0 fully saturated rings. The Morgan fingerprint density at radius 2 is 2.16 bits per heavy atom. The molecule has 0 aliphatic heterocycles. The molecule has 5 nitrogen and oxygen atoms in total. The molecule has 1 heterocycles. The summed E-state index contributed by atoms with van der Waals surface area (Å²) >= 11 is 0. The van der Waals surface area contributed by atoms with Crippen LogP contribution in [-0.4, -0.2) is 22.5 Å². The van der Waals surface area contributed by atoms with Crippen molar-refractivity contribution in [1.29, 1.82) is 0 Å². The monoisotopic (exact) mass is 257 g/mol. The minimum atomic E-state index is -0.131. The van der Waals surface area contributed by atoms with Crippen LogP contribution < -0.4 is 10.9 Å². The summed E-state index contributed by atoms with van der Waals surface area (Å²) in [5, 5.41) is 15.5. The molecule has 0 unspecified atom stereocenters. The van der Waals surface area contributed by atoms with Crippen LogP contribution in [0.1, 0.15) is 5.56 Å². The normalized spacial score (nSPS) is 11.3. The predicted molar refractivity (Wildman–Crippen MR) is 75.0 cm³/mol. The Balaban J connectivity index is 2.31. The summed E-state index contributed by atoms with van der Waals surface area (Å²) < 4.78 is 1.49. The van der Waals surface area contributed by atoms with Crippen LogP contribution in [0.2, 0.25) is 0 Å². The van der Waals surface area contributed by atoms with Gasteiger partial charge in [-0.05, 0) is 18.2 Å². The number of nitrogens with one attached hydrogen (secondary N) is 1. The number of hydrogen-bond acceptors (Lipinski definition) is 4. The fraction of sp³-hybridized carbons (Fsp3) is 0.143. The molecule has 5 heteroatoms. The molecule has 0 bridgehead atoms. The molecule has 1 aromatic carbocycles. The van der Waals surface area contributed by atoms with E-state index in [-0.39, 0.29) is 12.1 Å². The highest BCUT2D eigenvalue weighted by Gasteiger charge is 2.07. The SMILES string of the molecule is CNc1cccc(/C(Cn2ccccc2=O)=N\O)c1. The van der Waals surface area contributed by atoms with Crippen LogP contribution in [0.3, 0.4) is 0 Å². The molecule has 2 rings (SSSR count). The number of benzene rings is 1. The highest BCUT2D eigenvalue weighted by molar-refractivity contribution is 6.00. The van der Waals surface area contributed by atoms with E-state index in [1.54, 1.807) is 18.3 Å². The average Bonchev–Trinajstić information content (AvgIpc) is 2.46. The number of oxime groups is 1. The number of anilines is 1. The number of hydrogen-bond donors (Lipinski definition) is 2. The van der Waals surface area contributed by atoms with Crippen LogP contribution in [0.15, 0.2) is 58.6 Å². The quantitative estimate of drug-likeness (QED) is 0.498. The summed E-state index contributed by atoms with van der Waals surface area (Å²) in [6, 6.07) is 12.4. The second-order valence-electron chi connectivity index (χ2n) is 4.04. The molecule has 0 atom stereocenters. The topological polar surface area (TPSA) is 66.6 Å². The van der Waals surface area contributed by atoms with E-state index in [1.807, 2.05) is 31.3 Å². The first-order valence-electron chi connectivity index (χ1n) is 5.89. The molecule has 0 amide bonds. The molecule has 0 saturated carbocycles. The van der Waals surface area contributed by atoms with E-state index in [9.17, 15) is 4.79 Å². The fourth-order valence-corrected chi connectivity index (χ4v) is 1.79. The summed E-state index contributed by atoms with van der Waals surface area (Å²) in [6.45, 7) is 0.226. The molecule has 0 aliphatic carbocycles. The molecular weight excluding hydrogens is 242 g/mol. The molecule has 1 aromatic heterocycles. The molecular formula is C14H15N3O2. The second-order valence-corrected chi connectivity index (χ2v) is 4.04. The highest BCUT2D eigenvalue weighted by atomic mass is 16.4. The predicted octanol–water partition coefficient (Wildman–Crippen LogP) is 1.77. The molecule has 19 heavy (non-hydrogen) atoms. The fourth-order valence-electron chi connectivity index (χ4n) is 1.79. The van der Waals surface area contributed by atoms with Crippen molar-refractivity contribution in [1.82, 2.24) is 4.57 Å². The van der Waals surface area contributed by atoms with Gasteiger partial charge in [-0.2, -0.15) is 0 Å². The molecule has 98 valence electrons. The maximum atomic E-state index is 11.6. The number of pyridine rings is 1. The average molecular weight is 257 g/mol. The van der Waals surface area contributed by atoms with Gasteiger partial charge in [-0.15, -0.1) is 0 Å². The van der Waals surface area contributed by atoms with Crippen LogP contribution in [0, 0.1) is 0 Å². The summed E-state index contributed by atoms with van der Waals surface area (Å²) in [7, 11) is 1.82. The number of rotatable bonds is 4. The van der Waals surface area contributed by atoms with Crippen molar-refractivity contribution in [3.63, 3.8) is 0 Å². The summed E-state index contributed by atoms with van der Waals surface area (Å²) in [4.78, 5) is 11.6. The Labute approximate surface area is 110 Å². The van der Waals surface area contributed by atoms with Gasteiger partial charge in [0.2, 0.25) is 0 Å². The van der Waals surface area contributed by atoms with Gasteiger partial charge in [0.05, 0.1) is 6.54 Å². The van der Waals surface area contributed by atoms with E-state index in [0.717, 1.165) is 11.3 Å². The Morgan fingerprint density at radius 3 is 2.84 bits per heavy atom. The van der Waals surface area contributed by atoms with E-state index in [2.05, 4.69) is 10.5 Å². The van der Waals surface area contributed by atoms with Crippen LogP contribution in [0.25, 0.3) is 0 Å². The lowest BCUT2D eigenvalue weighted by Crippen LogP contribution is -2.23. The summed E-state index contributed by atoms with van der Waals surface area (Å²) in [5.74, 6) is 0. The van der Waals surface area contributed by atoms with Crippen molar-refractivity contribution in [2.45, 2.75) is 6.54 Å². The van der Waals surface area contributed by atoms with Gasteiger partial charge in [-0.25, -0.2) is 0 Å². The van der Waals surface area contributed by atoms with E-state index < -0.39 is 0 Å². The minimum Gasteiger partial charge on any atom is -0.411 e. The van der Waals surface area contributed by atoms with Crippen molar-refractivity contribution in [2.24, 2.45) is 5.16 Å². The van der Waals surface area contributed by atoms with Gasteiger partial charge in [-0.3, -0.25) is 4.79 Å². The third kappa shape index (κ3) is 3.01. The zero-order chi connectivity index (χ0) is 13.7. The van der Waals surface area contributed by atoms with Gasteiger partial charge in [0.25, 0.3) is 5.56 Å². The number of nitrogens with zero attached hydrogens (tertiary/aromatic N) is 2. The smallest absolute Gasteiger partial charge is 0.250 e. The van der Waals surface area contributed by atoms with Crippen LogP contribution >= 0.6 is 0 Å².